The quantitative estimate of drug-likeness (QED) is 0.723. The zero-order chi connectivity index (χ0) is 10.7. The number of halogens is 2. The number of Topliss-reactive ketones (excluding diaryl/α,β-unsaturated/α-hetero) is 1. The number of carbonyl (C=O) groups is 1. The van der Waals surface area contributed by atoms with E-state index in [1.54, 1.807) is 6.26 Å². The predicted molar refractivity (Wildman–Crippen MR) is 52.5 cm³/mol. The Morgan fingerprint density at radius 1 is 1.36 bits per heavy atom. The SMILES string of the molecule is CSc1cc(F)c(CC(C)=O)cc1F. The standard InChI is InChI=1S/C10H10F2OS/c1-6(13)3-7-4-9(12)10(14-2)5-8(7)11/h4-5H,3H2,1-2H3. The molecule has 0 aliphatic rings. The van der Waals surface area contributed by atoms with Gasteiger partial charge in [-0.05, 0) is 30.9 Å². The minimum Gasteiger partial charge on any atom is -0.300 e. The first-order valence-corrected chi connectivity index (χ1v) is 5.28. The van der Waals surface area contributed by atoms with Crippen LogP contribution in [0.5, 0.6) is 0 Å². The van der Waals surface area contributed by atoms with Crippen molar-refractivity contribution in [2.75, 3.05) is 6.26 Å². The van der Waals surface area contributed by atoms with Gasteiger partial charge in [0, 0.05) is 11.3 Å². The van der Waals surface area contributed by atoms with Crippen molar-refractivity contribution in [2.24, 2.45) is 0 Å². The summed E-state index contributed by atoms with van der Waals surface area (Å²) in [5.41, 5.74) is 0.118. The highest BCUT2D eigenvalue weighted by atomic mass is 32.2. The molecule has 0 aliphatic heterocycles. The first-order valence-electron chi connectivity index (χ1n) is 4.06. The maximum Gasteiger partial charge on any atom is 0.137 e. The van der Waals surface area contributed by atoms with Gasteiger partial charge < -0.3 is 0 Å². The third kappa shape index (κ3) is 2.54. The molecule has 0 amide bonds. The van der Waals surface area contributed by atoms with Gasteiger partial charge >= 0.3 is 0 Å². The summed E-state index contributed by atoms with van der Waals surface area (Å²) < 4.78 is 26.4. The normalized spacial score (nSPS) is 10.3. The summed E-state index contributed by atoms with van der Waals surface area (Å²) in [7, 11) is 0. The van der Waals surface area contributed by atoms with Crippen molar-refractivity contribution < 1.29 is 13.6 Å². The van der Waals surface area contributed by atoms with Crippen LogP contribution in [0, 0.1) is 11.6 Å². The molecule has 0 bridgehead atoms. The number of rotatable bonds is 3. The molecule has 1 nitrogen and oxygen atoms in total. The van der Waals surface area contributed by atoms with E-state index in [1.165, 1.54) is 6.92 Å². The lowest BCUT2D eigenvalue weighted by Gasteiger charge is -2.04. The zero-order valence-corrected chi connectivity index (χ0v) is 8.75. The van der Waals surface area contributed by atoms with E-state index >= 15 is 0 Å². The van der Waals surface area contributed by atoms with Gasteiger partial charge in [-0.25, -0.2) is 8.78 Å². The predicted octanol–water partition coefficient (Wildman–Crippen LogP) is 2.82. The summed E-state index contributed by atoms with van der Waals surface area (Å²) in [6, 6.07) is 2.21. The Hall–Kier alpha value is -0.900. The van der Waals surface area contributed by atoms with Crippen molar-refractivity contribution in [3.63, 3.8) is 0 Å². The highest BCUT2D eigenvalue weighted by Gasteiger charge is 2.10. The molecule has 0 saturated heterocycles. The van der Waals surface area contributed by atoms with Gasteiger partial charge in [-0.1, -0.05) is 0 Å². The molecule has 4 heteroatoms. The fourth-order valence-corrected chi connectivity index (χ4v) is 1.61. The van der Waals surface area contributed by atoms with Crippen LogP contribution in [0.15, 0.2) is 17.0 Å². The van der Waals surface area contributed by atoms with Crippen molar-refractivity contribution in [2.45, 2.75) is 18.2 Å². The van der Waals surface area contributed by atoms with E-state index in [-0.39, 0.29) is 22.7 Å². The Morgan fingerprint density at radius 3 is 2.50 bits per heavy atom. The monoisotopic (exact) mass is 216 g/mol. The molecule has 14 heavy (non-hydrogen) atoms. The van der Waals surface area contributed by atoms with Gasteiger partial charge in [-0.3, -0.25) is 4.79 Å². The molecule has 0 aliphatic carbocycles. The van der Waals surface area contributed by atoms with Gasteiger partial charge in [0.25, 0.3) is 0 Å². The smallest absolute Gasteiger partial charge is 0.137 e. The third-order valence-corrected chi connectivity index (χ3v) is 2.51. The van der Waals surface area contributed by atoms with Crippen LogP contribution in [0.2, 0.25) is 0 Å². The van der Waals surface area contributed by atoms with Crippen molar-refractivity contribution >= 4 is 17.5 Å². The Labute approximate surface area is 85.5 Å². The summed E-state index contributed by atoms with van der Waals surface area (Å²) in [5.74, 6) is -1.18. The lowest BCUT2D eigenvalue weighted by molar-refractivity contribution is -0.116. The number of benzene rings is 1. The fourth-order valence-electron chi connectivity index (χ4n) is 1.13. The molecule has 0 atom stereocenters. The lowest BCUT2D eigenvalue weighted by Crippen LogP contribution is -2.00. The van der Waals surface area contributed by atoms with Crippen LogP contribution < -0.4 is 0 Å². The number of hydrogen-bond acceptors (Lipinski definition) is 2. The largest absolute Gasteiger partial charge is 0.300 e. The molecule has 0 radical (unpaired) electrons. The summed E-state index contributed by atoms with van der Waals surface area (Å²) in [4.78, 5) is 11.0. The Morgan fingerprint density at radius 2 is 2.00 bits per heavy atom. The van der Waals surface area contributed by atoms with Crippen LogP contribution in [0.4, 0.5) is 8.78 Å². The molecule has 1 rings (SSSR count). The number of hydrogen-bond donors (Lipinski definition) is 0. The van der Waals surface area contributed by atoms with E-state index in [2.05, 4.69) is 0 Å². The van der Waals surface area contributed by atoms with E-state index in [0.29, 0.717) is 0 Å². The fraction of sp³-hybridized carbons (Fsp3) is 0.300. The highest BCUT2D eigenvalue weighted by molar-refractivity contribution is 7.98. The number of carbonyl (C=O) groups excluding carboxylic acids is 1. The van der Waals surface area contributed by atoms with Crippen molar-refractivity contribution in [1.82, 2.24) is 0 Å². The molecule has 76 valence electrons. The van der Waals surface area contributed by atoms with Crippen molar-refractivity contribution in [3.8, 4) is 0 Å². The van der Waals surface area contributed by atoms with Crippen LogP contribution in [0.25, 0.3) is 0 Å². The Balaban J connectivity index is 3.08. The second-order valence-electron chi connectivity index (χ2n) is 2.96. The average Bonchev–Trinajstić information content (AvgIpc) is 2.10. The van der Waals surface area contributed by atoms with Crippen molar-refractivity contribution in [3.05, 3.63) is 29.3 Å². The molecule has 0 saturated carbocycles. The Bertz CT molecular complexity index is 363. The molecule has 1 aromatic carbocycles. The van der Waals surface area contributed by atoms with Crippen LogP contribution in [-0.2, 0) is 11.2 Å². The van der Waals surface area contributed by atoms with E-state index < -0.39 is 11.6 Å². The highest BCUT2D eigenvalue weighted by Crippen LogP contribution is 2.22. The van der Waals surface area contributed by atoms with E-state index in [9.17, 15) is 13.6 Å². The molecule has 1 aromatic rings. The van der Waals surface area contributed by atoms with Gasteiger partial charge in [-0.15, -0.1) is 11.8 Å². The minimum absolute atomic E-state index is 0.0581. The van der Waals surface area contributed by atoms with Gasteiger partial charge in [0.05, 0.1) is 0 Å². The molecular weight excluding hydrogens is 206 g/mol. The van der Waals surface area contributed by atoms with Crippen LogP contribution >= 0.6 is 11.8 Å². The zero-order valence-electron chi connectivity index (χ0n) is 7.93. The van der Waals surface area contributed by atoms with Crippen LogP contribution in [-0.4, -0.2) is 12.0 Å². The maximum absolute atomic E-state index is 13.2. The lowest BCUT2D eigenvalue weighted by atomic mass is 10.1. The molecule has 0 heterocycles. The van der Waals surface area contributed by atoms with Crippen LogP contribution in [0.1, 0.15) is 12.5 Å². The summed E-state index contributed by atoms with van der Waals surface area (Å²) in [6.07, 6.45) is 1.61. The van der Waals surface area contributed by atoms with E-state index in [1.807, 2.05) is 0 Å². The van der Waals surface area contributed by atoms with Crippen molar-refractivity contribution in [1.29, 1.82) is 0 Å². The number of ketones is 1. The van der Waals surface area contributed by atoms with Crippen LogP contribution in [0.3, 0.4) is 0 Å². The van der Waals surface area contributed by atoms with Gasteiger partial charge in [0.15, 0.2) is 0 Å². The maximum atomic E-state index is 13.2. The summed E-state index contributed by atoms with van der Waals surface area (Å²) in [5, 5.41) is 0. The van der Waals surface area contributed by atoms with Gasteiger partial charge in [0.2, 0.25) is 0 Å². The second kappa shape index (κ2) is 4.55. The minimum atomic E-state index is -0.522. The summed E-state index contributed by atoms with van der Waals surface area (Å²) in [6.45, 7) is 1.35. The molecule has 0 N–H and O–H groups in total. The first kappa shape index (κ1) is 11.2. The Kier molecular flexibility index (Phi) is 3.63. The second-order valence-corrected chi connectivity index (χ2v) is 3.81. The summed E-state index contributed by atoms with van der Waals surface area (Å²) >= 11 is 1.14. The van der Waals surface area contributed by atoms with Gasteiger partial charge in [0.1, 0.15) is 17.4 Å². The molecule has 0 unspecified atom stereocenters. The van der Waals surface area contributed by atoms with E-state index in [0.717, 1.165) is 23.9 Å². The molecular formula is C10H10F2OS. The van der Waals surface area contributed by atoms with Gasteiger partial charge in [-0.2, -0.15) is 0 Å². The molecule has 0 aromatic heterocycles. The van der Waals surface area contributed by atoms with E-state index in [4.69, 9.17) is 0 Å². The third-order valence-electron chi connectivity index (χ3n) is 1.76. The average molecular weight is 216 g/mol. The number of thioether (sulfide) groups is 1. The molecule has 0 fully saturated rings. The first-order chi connectivity index (χ1) is 6.54. The topological polar surface area (TPSA) is 17.1 Å². The molecule has 0 spiro atoms.